The largest absolute Gasteiger partial charge is 0.352 e. The zero-order valence-electron chi connectivity index (χ0n) is 12.4. The van der Waals surface area contributed by atoms with Gasteiger partial charge in [-0.1, -0.05) is 46.5 Å². The van der Waals surface area contributed by atoms with E-state index in [0.29, 0.717) is 0 Å². The summed E-state index contributed by atoms with van der Waals surface area (Å²) in [7, 11) is 0. The van der Waals surface area contributed by atoms with Gasteiger partial charge in [0.05, 0.1) is 13.2 Å². The monoisotopic (exact) mass is 254 g/mol. The summed E-state index contributed by atoms with van der Waals surface area (Å²) in [4.78, 5) is 0. The highest BCUT2D eigenvalue weighted by Gasteiger charge is 2.40. The molecule has 1 saturated carbocycles. The van der Waals surface area contributed by atoms with E-state index in [4.69, 9.17) is 9.47 Å². The molecule has 0 atom stereocenters. The maximum Gasteiger partial charge on any atom is 0.157 e. The molecule has 18 heavy (non-hydrogen) atoms. The highest BCUT2D eigenvalue weighted by Crippen LogP contribution is 2.43. The summed E-state index contributed by atoms with van der Waals surface area (Å²) in [5, 5.41) is 0. The fourth-order valence-corrected chi connectivity index (χ4v) is 3.68. The first kappa shape index (κ1) is 14.3. The Morgan fingerprint density at radius 2 is 1.61 bits per heavy atom. The summed E-state index contributed by atoms with van der Waals surface area (Å²) in [6, 6.07) is 0. The molecule has 2 aliphatic rings. The topological polar surface area (TPSA) is 18.5 Å². The first-order valence-electron chi connectivity index (χ1n) is 7.91. The van der Waals surface area contributed by atoms with Gasteiger partial charge in [-0.05, 0) is 31.1 Å². The minimum absolute atomic E-state index is 0.0505. The normalized spacial score (nSPS) is 41.8. The molecule has 106 valence electrons. The van der Waals surface area contributed by atoms with Crippen molar-refractivity contribution in [1.82, 2.24) is 0 Å². The van der Waals surface area contributed by atoms with Crippen LogP contribution in [0.4, 0.5) is 0 Å². The highest BCUT2D eigenvalue weighted by molar-refractivity contribution is 4.88. The Morgan fingerprint density at radius 1 is 1.00 bits per heavy atom. The fraction of sp³-hybridized carbons (Fsp3) is 1.00. The number of hydrogen-bond donors (Lipinski definition) is 0. The molecule has 2 rings (SSSR count). The van der Waals surface area contributed by atoms with Crippen molar-refractivity contribution < 1.29 is 9.47 Å². The lowest BCUT2D eigenvalue weighted by Gasteiger charge is -2.45. The summed E-state index contributed by atoms with van der Waals surface area (Å²) in [5.74, 6) is 1.80. The van der Waals surface area contributed by atoms with Crippen LogP contribution >= 0.6 is 0 Å². The van der Waals surface area contributed by atoms with Crippen LogP contribution < -0.4 is 0 Å². The summed E-state index contributed by atoms with van der Waals surface area (Å²) in [5.41, 5.74) is 0.267. The van der Waals surface area contributed by atoms with Crippen LogP contribution in [-0.2, 0) is 9.47 Å². The summed E-state index contributed by atoms with van der Waals surface area (Å²) >= 11 is 0. The van der Waals surface area contributed by atoms with Crippen molar-refractivity contribution in [3.63, 3.8) is 0 Å². The molecule has 0 amide bonds. The van der Waals surface area contributed by atoms with Crippen molar-refractivity contribution in [3.8, 4) is 0 Å². The van der Waals surface area contributed by atoms with Crippen molar-refractivity contribution in [3.05, 3.63) is 0 Å². The smallest absolute Gasteiger partial charge is 0.157 e. The Labute approximate surface area is 112 Å². The van der Waals surface area contributed by atoms with E-state index >= 15 is 0 Å². The first-order chi connectivity index (χ1) is 8.68. The lowest BCUT2D eigenvalue weighted by Crippen LogP contribution is -2.45. The fourth-order valence-electron chi connectivity index (χ4n) is 3.68. The SMILES string of the molecule is CCCC1CCC(C2(C)COC(CC)OC2)CC1. The average molecular weight is 254 g/mol. The van der Waals surface area contributed by atoms with Crippen molar-refractivity contribution in [2.75, 3.05) is 13.2 Å². The Kier molecular flexibility index (Phi) is 5.08. The molecule has 0 aromatic rings. The van der Waals surface area contributed by atoms with Crippen molar-refractivity contribution in [1.29, 1.82) is 0 Å². The van der Waals surface area contributed by atoms with Crippen molar-refractivity contribution >= 4 is 0 Å². The van der Waals surface area contributed by atoms with Gasteiger partial charge < -0.3 is 9.47 Å². The van der Waals surface area contributed by atoms with Gasteiger partial charge in [-0.3, -0.25) is 0 Å². The maximum atomic E-state index is 5.85. The number of hydrogen-bond acceptors (Lipinski definition) is 2. The predicted molar refractivity (Wildman–Crippen MR) is 74.4 cm³/mol. The Morgan fingerprint density at radius 3 is 2.11 bits per heavy atom. The van der Waals surface area contributed by atoms with E-state index in [0.717, 1.165) is 31.5 Å². The molecule has 0 aromatic heterocycles. The lowest BCUT2D eigenvalue weighted by atomic mass is 9.67. The van der Waals surface area contributed by atoms with Crippen LogP contribution in [-0.4, -0.2) is 19.5 Å². The Balaban J connectivity index is 1.81. The van der Waals surface area contributed by atoms with Crippen LogP contribution in [0.15, 0.2) is 0 Å². The van der Waals surface area contributed by atoms with Crippen LogP contribution in [0.2, 0.25) is 0 Å². The molecule has 0 N–H and O–H groups in total. The van der Waals surface area contributed by atoms with Crippen molar-refractivity contribution in [2.45, 2.75) is 72.0 Å². The molecule has 2 fully saturated rings. The molecule has 2 nitrogen and oxygen atoms in total. The van der Waals surface area contributed by atoms with Crippen LogP contribution in [0.25, 0.3) is 0 Å². The van der Waals surface area contributed by atoms with E-state index in [1.54, 1.807) is 0 Å². The molecule has 1 heterocycles. The summed E-state index contributed by atoms with van der Waals surface area (Å²) in [6.45, 7) is 8.59. The number of ether oxygens (including phenoxy) is 2. The molecular formula is C16H30O2. The van der Waals surface area contributed by atoms with E-state index in [2.05, 4.69) is 20.8 Å². The third kappa shape index (κ3) is 3.27. The van der Waals surface area contributed by atoms with E-state index in [1.807, 2.05) is 0 Å². The van der Waals surface area contributed by atoms with Crippen molar-refractivity contribution in [2.24, 2.45) is 17.3 Å². The third-order valence-electron chi connectivity index (χ3n) is 5.06. The van der Waals surface area contributed by atoms with Gasteiger partial charge in [-0.15, -0.1) is 0 Å². The molecule has 2 heteroatoms. The van der Waals surface area contributed by atoms with E-state index in [-0.39, 0.29) is 11.7 Å². The standard InChI is InChI=1S/C16H30O2/c1-4-6-13-7-9-14(10-8-13)16(3)11-17-15(5-2)18-12-16/h13-15H,4-12H2,1-3H3. The van der Waals surface area contributed by atoms with Gasteiger partial charge in [0.25, 0.3) is 0 Å². The molecule has 1 aliphatic heterocycles. The molecule has 0 radical (unpaired) electrons. The van der Waals surface area contributed by atoms with Crippen LogP contribution in [0.5, 0.6) is 0 Å². The van der Waals surface area contributed by atoms with Crippen LogP contribution in [0.3, 0.4) is 0 Å². The van der Waals surface area contributed by atoms with E-state index in [9.17, 15) is 0 Å². The molecule has 0 spiro atoms. The molecule has 0 bridgehead atoms. The summed E-state index contributed by atoms with van der Waals surface area (Å²) in [6.07, 6.45) is 9.39. The zero-order valence-corrected chi connectivity index (χ0v) is 12.4. The zero-order chi connectivity index (χ0) is 13.0. The summed E-state index contributed by atoms with van der Waals surface area (Å²) < 4.78 is 11.7. The third-order valence-corrected chi connectivity index (χ3v) is 5.06. The number of rotatable bonds is 4. The molecule has 0 aromatic carbocycles. The molecule has 0 unspecified atom stereocenters. The maximum absolute atomic E-state index is 5.85. The van der Waals surface area contributed by atoms with Gasteiger partial charge in [-0.25, -0.2) is 0 Å². The van der Waals surface area contributed by atoms with Gasteiger partial charge in [0.2, 0.25) is 0 Å². The van der Waals surface area contributed by atoms with Crippen LogP contribution in [0, 0.1) is 17.3 Å². The Bertz CT molecular complexity index is 235. The van der Waals surface area contributed by atoms with Gasteiger partial charge in [0, 0.05) is 5.41 Å². The minimum Gasteiger partial charge on any atom is -0.352 e. The van der Waals surface area contributed by atoms with E-state index in [1.165, 1.54) is 38.5 Å². The van der Waals surface area contributed by atoms with Gasteiger partial charge in [-0.2, -0.15) is 0 Å². The van der Waals surface area contributed by atoms with Gasteiger partial charge in [0.15, 0.2) is 6.29 Å². The molecule has 1 saturated heterocycles. The highest BCUT2D eigenvalue weighted by atomic mass is 16.7. The van der Waals surface area contributed by atoms with Gasteiger partial charge in [0.1, 0.15) is 0 Å². The predicted octanol–water partition coefficient (Wildman–Crippen LogP) is 4.38. The minimum atomic E-state index is 0.0505. The van der Waals surface area contributed by atoms with Crippen LogP contribution in [0.1, 0.15) is 65.7 Å². The average Bonchev–Trinajstić information content (AvgIpc) is 2.41. The Hall–Kier alpha value is -0.0800. The quantitative estimate of drug-likeness (QED) is 0.741. The molecule has 1 aliphatic carbocycles. The van der Waals surface area contributed by atoms with E-state index < -0.39 is 0 Å². The first-order valence-corrected chi connectivity index (χ1v) is 7.91. The second-order valence-corrected chi connectivity index (χ2v) is 6.62. The lowest BCUT2D eigenvalue weighted by molar-refractivity contribution is -0.239. The molecular weight excluding hydrogens is 224 g/mol. The second kappa shape index (κ2) is 6.38. The van der Waals surface area contributed by atoms with Gasteiger partial charge >= 0.3 is 0 Å². The second-order valence-electron chi connectivity index (χ2n) is 6.62.